The molecule has 0 spiro atoms. The first-order valence-electron chi connectivity index (χ1n) is 7.96. The van der Waals surface area contributed by atoms with Crippen molar-refractivity contribution in [3.05, 3.63) is 96.1 Å². The van der Waals surface area contributed by atoms with Crippen LogP contribution < -0.4 is 59.1 Å². The third-order valence-electron chi connectivity index (χ3n) is 4.20. The van der Waals surface area contributed by atoms with Crippen LogP contribution in [-0.4, -0.2) is 11.9 Å². The van der Waals surface area contributed by atoms with Crippen molar-refractivity contribution in [3.63, 3.8) is 0 Å². The topological polar surface area (TPSA) is 43.4 Å². The molecule has 0 fully saturated rings. The van der Waals surface area contributed by atoms with Gasteiger partial charge >= 0.3 is 71.1 Å². The van der Waals surface area contributed by atoms with E-state index in [1.165, 1.54) is 0 Å². The summed E-state index contributed by atoms with van der Waals surface area (Å²) in [5, 5.41) is 3.38. The first-order valence-corrected chi connectivity index (χ1v) is 7.96. The number of esters is 2. The zero-order valence-electron chi connectivity index (χ0n) is 17.3. The molecule has 0 bridgehead atoms. The van der Waals surface area contributed by atoms with Gasteiger partial charge in [-0.05, 0) is 33.7 Å². The van der Waals surface area contributed by atoms with Crippen LogP contribution in [0.4, 0.5) is 0 Å². The van der Waals surface area contributed by atoms with Gasteiger partial charge < -0.3 is 7.59 Å². The van der Waals surface area contributed by atoms with E-state index in [4.69, 9.17) is 4.74 Å². The van der Waals surface area contributed by atoms with Gasteiger partial charge in [-0.2, -0.15) is 0 Å². The number of carbonyl (C=O) groups excluding carboxylic acids is 2. The van der Waals surface area contributed by atoms with E-state index in [0.717, 1.165) is 21.5 Å². The van der Waals surface area contributed by atoms with Gasteiger partial charge in [0.05, 0.1) is 11.1 Å². The van der Waals surface area contributed by atoms with Crippen molar-refractivity contribution in [1.82, 2.24) is 0 Å². The maximum Gasteiger partial charge on any atom is 1.00 e. The monoisotopic (exact) mass is 374 g/mol. The van der Waals surface area contributed by atoms with E-state index in [-0.39, 0.29) is 62.0 Å². The number of ether oxygens (including phenoxy) is 1. The van der Waals surface area contributed by atoms with Crippen LogP contribution in [0, 0.1) is 0 Å². The summed E-state index contributed by atoms with van der Waals surface area (Å²) in [6.45, 7) is 0. The van der Waals surface area contributed by atoms with Crippen LogP contribution in [0.1, 0.15) is 23.6 Å². The van der Waals surface area contributed by atoms with E-state index < -0.39 is 11.9 Å². The van der Waals surface area contributed by atoms with Crippen LogP contribution in [0.25, 0.3) is 21.5 Å². The van der Waals surface area contributed by atoms with E-state index in [2.05, 4.69) is 0 Å². The zero-order chi connectivity index (χ0) is 17.2. The Balaban J connectivity index is 0.00000196. The molecule has 0 aliphatic heterocycles. The molecule has 0 N–H and O–H groups in total. The van der Waals surface area contributed by atoms with E-state index in [1.54, 1.807) is 24.3 Å². The Hall–Kier alpha value is -1.46. The summed E-state index contributed by atoms with van der Waals surface area (Å²) in [4.78, 5) is 25.1. The summed E-state index contributed by atoms with van der Waals surface area (Å²) in [5.41, 5.74) is 0.762. The molecule has 4 aromatic carbocycles. The number of hydrogen-bond acceptors (Lipinski definition) is 3. The summed E-state index contributed by atoms with van der Waals surface area (Å²) in [7, 11) is 0. The molecule has 0 radical (unpaired) electrons. The Bertz CT molecular complexity index is 1030. The molecule has 4 aromatic rings. The van der Waals surface area contributed by atoms with Crippen molar-refractivity contribution in [2.45, 2.75) is 0 Å². The normalized spacial score (nSPS) is 9.93. The second kappa shape index (κ2) is 9.65. The summed E-state index contributed by atoms with van der Waals surface area (Å²) in [6.07, 6.45) is 0. The average Bonchev–Trinajstić information content (AvgIpc) is 2.67. The third kappa shape index (κ3) is 4.52. The second-order valence-electron chi connectivity index (χ2n) is 5.73. The fourth-order valence-electron chi connectivity index (χ4n) is 3.00. The molecule has 0 aromatic heterocycles. The number of benzene rings is 4. The molecule has 0 aliphatic rings. The zero-order valence-corrected chi connectivity index (χ0v) is 19.3. The SMILES string of the molecule is O=C(OC(=O)c1cccc2ccccc12)c1cccc2ccccc12.[H-].[H-].[Na+].[Na+]. The Labute approximate surface area is 204 Å². The van der Waals surface area contributed by atoms with Crippen molar-refractivity contribution < 1.29 is 76.3 Å². The van der Waals surface area contributed by atoms with E-state index >= 15 is 0 Å². The Kier molecular flexibility index (Phi) is 7.80. The van der Waals surface area contributed by atoms with Crippen LogP contribution in [0.3, 0.4) is 0 Å². The van der Waals surface area contributed by atoms with E-state index in [9.17, 15) is 9.59 Å². The molecule has 4 rings (SSSR count). The van der Waals surface area contributed by atoms with Crippen LogP contribution in [0.5, 0.6) is 0 Å². The molecule has 0 saturated carbocycles. The van der Waals surface area contributed by atoms with E-state index in [1.807, 2.05) is 60.7 Å². The van der Waals surface area contributed by atoms with Crippen LogP contribution in [0.15, 0.2) is 84.9 Å². The Morgan fingerprint density at radius 2 is 0.926 bits per heavy atom. The molecule has 0 heterocycles. The van der Waals surface area contributed by atoms with Gasteiger partial charge in [0.1, 0.15) is 0 Å². The minimum atomic E-state index is -0.644. The van der Waals surface area contributed by atoms with Gasteiger partial charge in [0.2, 0.25) is 0 Å². The average molecular weight is 374 g/mol. The molecule has 27 heavy (non-hydrogen) atoms. The summed E-state index contributed by atoms with van der Waals surface area (Å²) in [6, 6.07) is 25.7. The summed E-state index contributed by atoms with van der Waals surface area (Å²) < 4.78 is 5.16. The Morgan fingerprint density at radius 1 is 0.556 bits per heavy atom. The quantitative estimate of drug-likeness (QED) is 0.263. The van der Waals surface area contributed by atoms with Gasteiger partial charge in [-0.3, -0.25) is 0 Å². The molecule has 3 nitrogen and oxygen atoms in total. The van der Waals surface area contributed by atoms with Gasteiger partial charge in [0.25, 0.3) is 0 Å². The molecule has 0 unspecified atom stereocenters. The van der Waals surface area contributed by atoms with Crippen molar-refractivity contribution in [2.24, 2.45) is 0 Å². The largest absolute Gasteiger partial charge is 1.00 e. The van der Waals surface area contributed by atoms with Crippen LogP contribution >= 0.6 is 0 Å². The number of fused-ring (bicyclic) bond motifs is 2. The second-order valence-corrected chi connectivity index (χ2v) is 5.73. The van der Waals surface area contributed by atoms with Crippen LogP contribution in [-0.2, 0) is 4.74 Å². The van der Waals surface area contributed by atoms with Gasteiger partial charge in [-0.25, -0.2) is 9.59 Å². The van der Waals surface area contributed by atoms with Gasteiger partial charge in [0.15, 0.2) is 0 Å². The molecule has 0 atom stereocenters. The first-order chi connectivity index (χ1) is 12.2. The first kappa shape index (κ1) is 21.8. The number of rotatable bonds is 2. The molecule has 0 saturated heterocycles. The standard InChI is InChI=1S/C22H14O3.2Na.2H/c23-21(19-13-5-9-15-7-1-3-11-17(15)19)25-22(24)20-14-6-10-16-8-2-4-12-18(16)20;;;;/h1-14H;;;;/q;2*+1;2*-1. The minimum absolute atomic E-state index is 0. The fourth-order valence-corrected chi connectivity index (χ4v) is 3.00. The third-order valence-corrected chi connectivity index (χ3v) is 4.20. The van der Waals surface area contributed by atoms with E-state index in [0.29, 0.717) is 11.1 Å². The maximum absolute atomic E-state index is 12.5. The van der Waals surface area contributed by atoms with Crippen molar-refractivity contribution >= 4 is 33.5 Å². The molecule has 5 heteroatoms. The van der Waals surface area contributed by atoms with Crippen molar-refractivity contribution in [2.75, 3.05) is 0 Å². The number of hydrogen-bond donors (Lipinski definition) is 0. The van der Waals surface area contributed by atoms with Gasteiger partial charge in [-0.15, -0.1) is 0 Å². The fraction of sp³-hybridized carbons (Fsp3) is 0. The molecular weight excluding hydrogens is 358 g/mol. The van der Waals surface area contributed by atoms with Crippen molar-refractivity contribution in [3.8, 4) is 0 Å². The Morgan fingerprint density at radius 3 is 1.37 bits per heavy atom. The summed E-state index contributed by atoms with van der Waals surface area (Å²) >= 11 is 0. The predicted molar refractivity (Wildman–Crippen MR) is 99.9 cm³/mol. The van der Waals surface area contributed by atoms with Crippen LogP contribution in [0.2, 0.25) is 0 Å². The molecule has 124 valence electrons. The molecule has 0 aliphatic carbocycles. The predicted octanol–water partition coefficient (Wildman–Crippen LogP) is -0.777. The van der Waals surface area contributed by atoms with Crippen molar-refractivity contribution in [1.29, 1.82) is 0 Å². The smallest absolute Gasteiger partial charge is 1.00 e. The maximum atomic E-state index is 12.5. The van der Waals surface area contributed by atoms with Gasteiger partial charge in [-0.1, -0.05) is 72.8 Å². The number of carbonyl (C=O) groups is 2. The summed E-state index contributed by atoms with van der Waals surface area (Å²) in [5.74, 6) is -1.29. The molecule has 0 amide bonds. The minimum Gasteiger partial charge on any atom is -1.00 e. The van der Waals surface area contributed by atoms with Gasteiger partial charge in [0, 0.05) is 0 Å². The molecular formula is C22H16Na2O3.